The van der Waals surface area contributed by atoms with E-state index in [1.54, 1.807) is 10.8 Å². The zero-order valence-corrected chi connectivity index (χ0v) is 22.0. The Labute approximate surface area is 213 Å². The fourth-order valence-corrected chi connectivity index (χ4v) is 4.67. The first kappa shape index (κ1) is 24.5. The molecule has 0 saturated carbocycles. The summed E-state index contributed by atoms with van der Waals surface area (Å²) in [4.78, 5) is 25.3. The minimum atomic E-state index is -0.425. The van der Waals surface area contributed by atoms with Crippen LogP contribution in [0.5, 0.6) is 0 Å². The van der Waals surface area contributed by atoms with Crippen LogP contribution in [0.2, 0.25) is 0 Å². The molecule has 1 N–H and O–H groups in total. The lowest BCUT2D eigenvalue weighted by atomic mass is 9.78. The first-order chi connectivity index (χ1) is 17.0. The Morgan fingerprint density at radius 3 is 2.25 bits per heavy atom. The minimum Gasteiger partial charge on any atom is -0.399 e. The van der Waals surface area contributed by atoms with Gasteiger partial charge in [0.2, 0.25) is 0 Å². The molecule has 2 aromatic carbocycles. The molecule has 1 fully saturated rings. The van der Waals surface area contributed by atoms with Crippen molar-refractivity contribution in [3.8, 4) is 11.4 Å². The fraction of sp³-hybridized carbons (Fsp3) is 0.393. The Bertz CT molecular complexity index is 1460. The van der Waals surface area contributed by atoms with Crippen LogP contribution in [-0.2, 0) is 9.31 Å². The van der Waals surface area contributed by atoms with Crippen molar-refractivity contribution in [3.05, 3.63) is 76.3 Å². The number of nitrogens with zero attached hydrogens (tertiary/aromatic N) is 3. The van der Waals surface area contributed by atoms with E-state index in [1.807, 2.05) is 77.1 Å². The maximum atomic E-state index is 13.0. The Morgan fingerprint density at radius 2 is 1.61 bits per heavy atom. The summed E-state index contributed by atoms with van der Waals surface area (Å²) in [6, 6.07) is 16.0. The monoisotopic (exact) mass is 486 g/mol. The predicted molar refractivity (Wildman–Crippen MR) is 146 cm³/mol. The highest BCUT2D eigenvalue weighted by molar-refractivity contribution is 6.62. The van der Waals surface area contributed by atoms with E-state index in [0.717, 1.165) is 16.6 Å². The molecule has 1 aliphatic rings. The molecular formula is C28H35BN4O3. The summed E-state index contributed by atoms with van der Waals surface area (Å²) in [7, 11) is -0.425. The number of nitrogens with one attached hydrogen (secondary N) is 1. The predicted octanol–water partition coefficient (Wildman–Crippen LogP) is 5.06. The van der Waals surface area contributed by atoms with Crippen molar-refractivity contribution in [1.29, 1.82) is 0 Å². The summed E-state index contributed by atoms with van der Waals surface area (Å²) in [5, 5.41) is 0. The van der Waals surface area contributed by atoms with Gasteiger partial charge >= 0.3 is 12.8 Å². The molecule has 5 rings (SSSR count). The number of hydrogen-bond donors (Lipinski definition) is 1. The standard InChI is InChI=1S/C28H33BN4O3.H2/c1-17(2)21-10-8-9-11-22(21)24-30-16-23-25(32-24)33(26(34)31-23)18(3)19-12-14-20(15-13-19)29-35-27(4,5)28(6,7)36-29;/h8-18H,1-7H3,(H,31,34);1H. The normalized spacial score (nSPS) is 17.7. The van der Waals surface area contributed by atoms with Gasteiger partial charge in [-0.1, -0.05) is 62.4 Å². The zero-order valence-electron chi connectivity index (χ0n) is 22.0. The molecule has 4 aromatic rings. The summed E-state index contributed by atoms with van der Waals surface area (Å²) >= 11 is 0. The van der Waals surface area contributed by atoms with Gasteiger partial charge in [0.1, 0.15) is 5.52 Å². The first-order valence-electron chi connectivity index (χ1n) is 12.5. The lowest BCUT2D eigenvalue weighted by molar-refractivity contribution is 0.00578. The molecule has 2 aromatic heterocycles. The number of benzene rings is 2. The van der Waals surface area contributed by atoms with Crippen LogP contribution in [0.4, 0.5) is 0 Å². The largest absolute Gasteiger partial charge is 0.494 e. The molecule has 7 nitrogen and oxygen atoms in total. The summed E-state index contributed by atoms with van der Waals surface area (Å²) in [6.07, 6.45) is 1.70. The molecule has 188 valence electrons. The highest BCUT2D eigenvalue weighted by Gasteiger charge is 2.51. The second-order valence-electron chi connectivity index (χ2n) is 10.9. The van der Waals surface area contributed by atoms with E-state index in [4.69, 9.17) is 14.3 Å². The van der Waals surface area contributed by atoms with Crippen LogP contribution in [0, 0.1) is 0 Å². The molecule has 0 radical (unpaired) electrons. The third-order valence-corrected chi connectivity index (χ3v) is 7.61. The highest BCUT2D eigenvalue weighted by Crippen LogP contribution is 2.36. The average molecular weight is 486 g/mol. The maximum absolute atomic E-state index is 13.0. The number of imidazole rings is 1. The highest BCUT2D eigenvalue weighted by atomic mass is 16.7. The summed E-state index contributed by atoms with van der Waals surface area (Å²) < 4.78 is 14.1. The summed E-state index contributed by atoms with van der Waals surface area (Å²) in [5.74, 6) is 0.943. The molecule has 1 aliphatic heterocycles. The van der Waals surface area contributed by atoms with E-state index < -0.39 is 18.3 Å². The van der Waals surface area contributed by atoms with Crippen LogP contribution < -0.4 is 11.2 Å². The van der Waals surface area contributed by atoms with Crippen LogP contribution in [0.15, 0.2) is 59.5 Å². The van der Waals surface area contributed by atoms with E-state index in [1.165, 1.54) is 5.56 Å². The number of aromatic nitrogens is 4. The molecule has 8 heteroatoms. The third-order valence-electron chi connectivity index (χ3n) is 7.61. The van der Waals surface area contributed by atoms with E-state index in [0.29, 0.717) is 22.9 Å². The topological polar surface area (TPSA) is 82.0 Å². The van der Waals surface area contributed by atoms with Gasteiger partial charge in [-0.15, -0.1) is 0 Å². The van der Waals surface area contributed by atoms with Crippen molar-refractivity contribution >= 4 is 23.7 Å². The average Bonchev–Trinajstić information content (AvgIpc) is 3.28. The molecule has 1 saturated heterocycles. The molecule has 36 heavy (non-hydrogen) atoms. The van der Waals surface area contributed by atoms with E-state index in [-0.39, 0.29) is 13.2 Å². The third kappa shape index (κ3) is 4.08. The van der Waals surface area contributed by atoms with Crippen molar-refractivity contribution in [1.82, 2.24) is 19.5 Å². The van der Waals surface area contributed by atoms with Crippen molar-refractivity contribution in [2.45, 2.75) is 71.6 Å². The van der Waals surface area contributed by atoms with Gasteiger partial charge in [-0.2, -0.15) is 0 Å². The lowest BCUT2D eigenvalue weighted by Crippen LogP contribution is -2.41. The summed E-state index contributed by atoms with van der Waals surface area (Å²) in [6.45, 7) is 14.5. The van der Waals surface area contributed by atoms with Crippen LogP contribution >= 0.6 is 0 Å². The van der Waals surface area contributed by atoms with Gasteiger partial charge in [-0.3, -0.25) is 4.57 Å². The Balaban J connectivity index is 0.00000320. The Kier molecular flexibility index (Phi) is 5.92. The van der Waals surface area contributed by atoms with Gasteiger partial charge in [-0.05, 0) is 57.1 Å². The number of hydrogen-bond acceptors (Lipinski definition) is 5. The van der Waals surface area contributed by atoms with Gasteiger partial charge in [0.05, 0.1) is 23.4 Å². The van der Waals surface area contributed by atoms with Gasteiger partial charge < -0.3 is 14.3 Å². The van der Waals surface area contributed by atoms with E-state index >= 15 is 0 Å². The van der Waals surface area contributed by atoms with Crippen LogP contribution in [0.1, 0.15) is 73.0 Å². The minimum absolute atomic E-state index is 0. The van der Waals surface area contributed by atoms with Gasteiger partial charge in [0.15, 0.2) is 11.5 Å². The van der Waals surface area contributed by atoms with Crippen molar-refractivity contribution < 1.29 is 10.7 Å². The first-order valence-corrected chi connectivity index (χ1v) is 12.5. The Hall–Kier alpha value is -3.23. The molecule has 0 bridgehead atoms. The zero-order chi connectivity index (χ0) is 25.8. The molecule has 1 atom stereocenters. The molecule has 0 aliphatic carbocycles. The van der Waals surface area contributed by atoms with Crippen LogP contribution in [-0.4, -0.2) is 37.8 Å². The SMILES string of the molecule is CC(C)c1ccccc1-c1ncc2[nH]c(=O)n(C(C)c3ccc(B4OC(C)(C)C(C)(C)O4)cc3)c2n1.[HH]. The van der Waals surface area contributed by atoms with Crippen LogP contribution in [0.3, 0.4) is 0 Å². The summed E-state index contributed by atoms with van der Waals surface area (Å²) in [5.41, 5.74) is 4.29. The number of rotatable bonds is 5. The molecule has 1 unspecified atom stereocenters. The van der Waals surface area contributed by atoms with Crippen molar-refractivity contribution in [2.24, 2.45) is 0 Å². The second kappa shape index (κ2) is 8.71. The molecule has 0 amide bonds. The Morgan fingerprint density at radius 1 is 0.972 bits per heavy atom. The van der Waals surface area contributed by atoms with Crippen molar-refractivity contribution in [3.63, 3.8) is 0 Å². The molecular weight excluding hydrogens is 451 g/mol. The number of H-pyrrole nitrogens is 1. The van der Waals surface area contributed by atoms with Gasteiger partial charge in [0, 0.05) is 6.99 Å². The fourth-order valence-electron chi connectivity index (χ4n) is 4.67. The quantitative estimate of drug-likeness (QED) is 0.399. The van der Waals surface area contributed by atoms with Crippen LogP contribution in [0.25, 0.3) is 22.6 Å². The van der Waals surface area contributed by atoms with E-state index in [2.05, 4.69) is 29.9 Å². The van der Waals surface area contributed by atoms with Gasteiger partial charge in [0.25, 0.3) is 0 Å². The second-order valence-corrected chi connectivity index (χ2v) is 10.9. The smallest absolute Gasteiger partial charge is 0.399 e. The molecule has 0 spiro atoms. The number of fused-ring (bicyclic) bond motifs is 1. The van der Waals surface area contributed by atoms with E-state index in [9.17, 15) is 4.79 Å². The lowest BCUT2D eigenvalue weighted by Gasteiger charge is -2.32. The number of aromatic amines is 1. The van der Waals surface area contributed by atoms with Gasteiger partial charge in [-0.25, -0.2) is 14.8 Å². The van der Waals surface area contributed by atoms with Crippen molar-refractivity contribution in [2.75, 3.05) is 0 Å². The maximum Gasteiger partial charge on any atom is 0.494 e. The molecule has 3 heterocycles.